The quantitative estimate of drug-likeness (QED) is 0.438. The van der Waals surface area contributed by atoms with E-state index in [2.05, 4.69) is 21.1 Å². The Morgan fingerprint density at radius 3 is 1.50 bits per heavy atom. The van der Waals surface area contributed by atoms with Gasteiger partial charge in [0.15, 0.2) is 23.0 Å². The summed E-state index contributed by atoms with van der Waals surface area (Å²) in [5.41, 5.74) is 5.63. The van der Waals surface area contributed by atoms with Crippen molar-refractivity contribution in [3.8, 4) is 23.0 Å². The average Bonchev–Trinajstić information content (AvgIpc) is 2.78. The minimum absolute atomic E-state index is 0.470. The second-order valence-corrected chi connectivity index (χ2v) is 6.20. The van der Waals surface area contributed by atoms with Crippen molar-refractivity contribution in [3.63, 3.8) is 0 Å². The molecule has 0 aromatic heterocycles. The molecular formula is C20H18N4O6. The maximum absolute atomic E-state index is 11.8. The Morgan fingerprint density at radius 2 is 1.07 bits per heavy atom. The van der Waals surface area contributed by atoms with Crippen LogP contribution in [0.1, 0.15) is 11.1 Å². The van der Waals surface area contributed by atoms with Crippen molar-refractivity contribution in [2.45, 2.75) is 0 Å². The first-order valence-electron chi connectivity index (χ1n) is 9.15. The van der Waals surface area contributed by atoms with E-state index < -0.39 is 11.8 Å². The van der Waals surface area contributed by atoms with Crippen molar-refractivity contribution < 1.29 is 28.5 Å². The molecule has 0 unspecified atom stereocenters. The number of rotatable bonds is 4. The number of hydrogen-bond donors (Lipinski definition) is 2. The molecular weight excluding hydrogens is 392 g/mol. The minimum Gasteiger partial charge on any atom is -0.486 e. The van der Waals surface area contributed by atoms with E-state index in [9.17, 15) is 9.59 Å². The summed E-state index contributed by atoms with van der Waals surface area (Å²) in [7, 11) is 0. The number of ether oxygens (including phenoxy) is 4. The molecule has 10 heteroatoms. The number of benzene rings is 2. The summed E-state index contributed by atoms with van der Waals surface area (Å²) in [6, 6.07) is 10.4. The number of carbonyl (C=O) groups excluding carboxylic acids is 2. The van der Waals surface area contributed by atoms with Crippen molar-refractivity contribution in [3.05, 3.63) is 47.5 Å². The van der Waals surface area contributed by atoms with Gasteiger partial charge < -0.3 is 18.9 Å². The van der Waals surface area contributed by atoms with Gasteiger partial charge in [-0.2, -0.15) is 10.2 Å². The topological polar surface area (TPSA) is 120 Å². The number of fused-ring (bicyclic) bond motifs is 2. The van der Waals surface area contributed by atoms with Gasteiger partial charge in [-0.1, -0.05) is 0 Å². The van der Waals surface area contributed by atoms with Crippen LogP contribution in [0.3, 0.4) is 0 Å². The Labute approximate surface area is 171 Å². The van der Waals surface area contributed by atoms with Crippen molar-refractivity contribution in [1.82, 2.24) is 10.9 Å². The molecule has 2 heterocycles. The van der Waals surface area contributed by atoms with Gasteiger partial charge in [-0.15, -0.1) is 0 Å². The highest BCUT2D eigenvalue weighted by atomic mass is 16.6. The first-order chi connectivity index (χ1) is 14.7. The molecule has 0 bridgehead atoms. The predicted molar refractivity (Wildman–Crippen MR) is 106 cm³/mol. The molecule has 0 spiro atoms. The zero-order valence-corrected chi connectivity index (χ0v) is 15.8. The molecule has 2 aliphatic heterocycles. The zero-order chi connectivity index (χ0) is 20.8. The molecule has 30 heavy (non-hydrogen) atoms. The van der Waals surface area contributed by atoms with Gasteiger partial charge in [-0.25, -0.2) is 10.9 Å². The van der Waals surface area contributed by atoms with Gasteiger partial charge in [0.1, 0.15) is 26.4 Å². The van der Waals surface area contributed by atoms with E-state index in [0.29, 0.717) is 60.6 Å². The van der Waals surface area contributed by atoms with Gasteiger partial charge in [0.05, 0.1) is 12.4 Å². The molecule has 4 rings (SSSR count). The van der Waals surface area contributed by atoms with Crippen LogP contribution >= 0.6 is 0 Å². The standard InChI is InChI=1S/C20H18N4O6/c25-19(23-21-11-13-1-3-15-17(9-13)29-7-5-27-15)20(26)24-22-12-14-2-4-16-18(10-14)30-8-6-28-16/h1-4,9-12H,5-8H2,(H,23,25)(H,24,26)/b21-11+,22-12+. The third-order valence-corrected chi connectivity index (χ3v) is 4.10. The largest absolute Gasteiger partial charge is 0.486 e. The first kappa shape index (κ1) is 19.2. The molecule has 2 aliphatic rings. The van der Waals surface area contributed by atoms with Crippen molar-refractivity contribution in [2.24, 2.45) is 10.2 Å². The lowest BCUT2D eigenvalue weighted by molar-refractivity contribution is -0.139. The molecule has 2 N–H and O–H groups in total. The second kappa shape index (κ2) is 8.95. The fourth-order valence-electron chi connectivity index (χ4n) is 2.71. The van der Waals surface area contributed by atoms with Gasteiger partial charge in [-0.05, 0) is 47.5 Å². The van der Waals surface area contributed by atoms with Crippen LogP contribution in [0.15, 0.2) is 46.6 Å². The molecule has 0 saturated carbocycles. The van der Waals surface area contributed by atoms with E-state index in [1.807, 2.05) is 0 Å². The Morgan fingerprint density at radius 1 is 0.667 bits per heavy atom. The number of nitrogens with zero attached hydrogens (tertiary/aromatic N) is 2. The first-order valence-corrected chi connectivity index (χ1v) is 9.15. The van der Waals surface area contributed by atoms with Crippen LogP contribution in [0.4, 0.5) is 0 Å². The monoisotopic (exact) mass is 410 g/mol. The summed E-state index contributed by atoms with van der Waals surface area (Å²) >= 11 is 0. The van der Waals surface area contributed by atoms with E-state index in [1.54, 1.807) is 36.4 Å². The van der Waals surface area contributed by atoms with Gasteiger partial charge >= 0.3 is 11.8 Å². The summed E-state index contributed by atoms with van der Waals surface area (Å²) in [5.74, 6) is 0.590. The Bertz CT molecular complexity index is 939. The SMILES string of the molecule is O=C(N/N=C/c1ccc2c(c1)OCCO2)C(=O)N/N=C/c1ccc2c(c1)OCCO2. The van der Waals surface area contributed by atoms with E-state index >= 15 is 0 Å². The molecule has 0 fully saturated rings. The fourth-order valence-corrected chi connectivity index (χ4v) is 2.71. The highest BCUT2D eigenvalue weighted by molar-refractivity contribution is 6.35. The molecule has 10 nitrogen and oxygen atoms in total. The highest BCUT2D eigenvalue weighted by Gasteiger charge is 2.13. The maximum Gasteiger partial charge on any atom is 0.331 e. The van der Waals surface area contributed by atoms with Crippen LogP contribution in [0.5, 0.6) is 23.0 Å². The van der Waals surface area contributed by atoms with Gasteiger partial charge in [-0.3, -0.25) is 9.59 Å². The van der Waals surface area contributed by atoms with Gasteiger partial charge in [0.25, 0.3) is 0 Å². The van der Waals surface area contributed by atoms with Crippen LogP contribution in [0.25, 0.3) is 0 Å². The molecule has 2 aromatic rings. The average molecular weight is 410 g/mol. The molecule has 2 amide bonds. The lowest BCUT2D eigenvalue weighted by Crippen LogP contribution is -2.35. The van der Waals surface area contributed by atoms with Crippen LogP contribution in [-0.4, -0.2) is 50.7 Å². The fraction of sp³-hybridized carbons (Fsp3) is 0.200. The van der Waals surface area contributed by atoms with Crippen molar-refractivity contribution in [2.75, 3.05) is 26.4 Å². The van der Waals surface area contributed by atoms with Gasteiger partial charge in [0, 0.05) is 0 Å². The molecule has 0 radical (unpaired) electrons. The molecule has 0 saturated heterocycles. The number of hydrogen-bond acceptors (Lipinski definition) is 8. The van der Waals surface area contributed by atoms with Crippen LogP contribution in [0, 0.1) is 0 Å². The highest BCUT2D eigenvalue weighted by Crippen LogP contribution is 2.31. The number of hydrazone groups is 2. The van der Waals surface area contributed by atoms with Crippen molar-refractivity contribution >= 4 is 24.2 Å². The van der Waals surface area contributed by atoms with E-state index in [0.717, 1.165) is 0 Å². The molecule has 154 valence electrons. The molecule has 2 aromatic carbocycles. The second-order valence-electron chi connectivity index (χ2n) is 6.20. The smallest absolute Gasteiger partial charge is 0.331 e. The zero-order valence-electron chi connectivity index (χ0n) is 15.8. The van der Waals surface area contributed by atoms with E-state index in [4.69, 9.17) is 18.9 Å². The number of nitrogens with one attached hydrogen (secondary N) is 2. The molecule has 0 aliphatic carbocycles. The number of carbonyl (C=O) groups is 2. The minimum atomic E-state index is -0.955. The Kier molecular flexibility index (Phi) is 5.74. The van der Waals surface area contributed by atoms with Crippen molar-refractivity contribution in [1.29, 1.82) is 0 Å². The summed E-state index contributed by atoms with van der Waals surface area (Å²) in [5, 5.41) is 7.52. The summed E-state index contributed by atoms with van der Waals surface area (Å²) < 4.78 is 21.8. The Balaban J connectivity index is 1.27. The maximum atomic E-state index is 11.8. The van der Waals surface area contributed by atoms with Crippen LogP contribution in [-0.2, 0) is 9.59 Å². The van der Waals surface area contributed by atoms with Crippen LogP contribution < -0.4 is 29.8 Å². The summed E-state index contributed by atoms with van der Waals surface area (Å²) in [4.78, 5) is 23.6. The number of amides is 2. The Hall–Kier alpha value is -4.08. The van der Waals surface area contributed by atoms with E-state index in [-0.39, 0.29) is 0 Å². The van der Waals surface area contributed by atoms with Crippen LogP contribution in [0.2, 0.25) is 0 Å². The lowest BCUT2D eigenvalue weighted by Gasteiger charge is -2.18. The summed E-state index contributed by atoms with van der Waals surface area (Å²) in [6.07, 6.45) is 2.78. The normalized spacial score (nSPS) is 14.5. The summed E-state index contributed by atoms with van der Waals surface area (Å²) in [6.45, 7) is 1.94. The molecule has 0 atom stereocenters. The van der Waals surface area contributed by atoms with Gasteiger partial charge in [0.2, 0.25) is 0 Å². The third-order valence-electron chi connectivity index (χ3n) is 4.10. The third kappa shape index (κ3) is 4.66. The predicted octanol–water partition coefficient (Wildman–Crippen LogP) is 0.829. The lowest BCUT2D eigenvalue weighted by atomic mass is 10.2. The van der Waals surface area contributed by atoms with E-state index in [1.165, 1.54) is 12.4 Å².